The van der Waals surface area contributed by atoms with Gasteiger partial charge in [0.15, 0.2) is 0 Å². The SMILES string of the molecule is CC1(C)C(Oc2ccc(C#N)c(Cl)c2)C(C)(C)C1N1Cc2cc(C#CC3CC4(C3)CN(C3CN(c5ccc6c(c5)C(=O)N(C5CCC(=O)NC5=O)C6=O)C3)C4)ccc2C1=O. The summed E-state index contributed by atoms with van der Waals surface area (Å²) in [5.41, 5.74) is 4.21. The molecule has 3 aromatic carbocycles. The Balaban J connectivity index is 0.709. The van der Waals surface area contributed by atoms with Crippen molar-refractivity contribution in [1.29, 1.82) is 5.26 Å². The first-order valence-electron chi connectivity index (χ1n) is 20.7. The van der Waals surface area contributed by atoms with E-state index in [-0.39, 0.29) is 41.7 Å². The molecule has 12 nitrogen and oxygen atoms in total. The van der Waals surface area contributed by atoms with Gasteiger partial charge < -0.3 is 14.5 Å². The summed E-state index contributed by atoms with van der Waals surface area (Å²) in [4.78, 5) is 72.0. The lowest BCUT2D eigenvalue weighted by Crippen LogP contribution is -2.74. The number of anilines is 1. The number of carbonyl (C=O) groups is 5. The second kappa shape index (κ2) is 13.4. The van der Waals surface area contributed by atoms with Crippen molar-refractivity contribution in [3.8, 4) is 23.7 Å². The molecule has 7 aliphatic rings. The van der Waals surface area contributed by atoms with Crippen LogP contribution in [0.15, 0.2) is 54.6 Å². The number of likely N-dealkylation sites (tertiary alicyclic amines) is 1. The number of hydrogen-bond acceptors (Lipinski definition) is 9. The van der Waals surface area contributed by atoms with Crippen LogP contribution in [0, 0.1) is 45.3 Å². The molecule has 5 fully saturated rings. The number of benzene rings is 3. The van der Waals surface area contributed by atoms with Crippen LogP contribution in [0.2, 0.25) is 5.02 Å². The predicted octanol–water partition coefficient (Wildman–Crippen LogP) is 5.40. The zero-order valence-electron chi connectivity index (χ0n) is 34.0. The summed E-state index contributed by atoms with van der Waals surface area (Å²) in [6, 6.07) is 17.9. The van der Waals surface area contributed by atoms with Crippen LogP contribution in [0.4, 0.5) is 5.69 Å². The smallest absolute Gasteiger partial charge is 0.262 e. The highest BCUT2D eigenvalue weighted by molar-refractivity contribution is 6.31. The molecule has 0 aromatic heterocycles. The van der Waals surface area contributed by atoms with Crippen LogP contribution in [0.25, 0.3) is 0 Å². The first-order valence-corrected chi connectivity index (χ1v) is 21.1. The Labute approximate surface area is 353 Å². The van der Waals surface area contributed by atoms with E-state index >= 15 is 0 Å². The molecular formula is C47H45ClN6O6. The molecule has 0 bridgehead atoms. The minimum absolute atomic E-state index is 0.0396. The number of rotatable bonds is 6. The first-order chi connectivity index (χ1) is 28.6. The van der Waals surface area contributed by atoms with E-state index in [0.29, 0.717) is 51.4 Å². The summed E-state index contributed by atoms with van der Waals surface area (Å²) in [6.07, 6.45) is 2.22. The average molecular weight is 825 g/mol. The number of nitrogens with one attached hydrogen (secondary N) is 1. The topological polar surface area (TPSA) is 143 Å². The molecule has 5 heterocycles. The highest BCUT2D eigenvalue weighted by Crippen LogP contribution is 2.59. The molecule has 5 aliphatic heterocycles. The number of amides is 5. The van der Waals surface area contributed by atoms with Gasteiger partial charge in [-0.05, 0) is 78.8 Å². The first kappa shape index (κ1) is 38.5. The molecule has 60 heavy (non-hydrogen) atoms. The zero-order chi connectivity index (χ0) is 42.0. The van der Waals surface area contributed by atoms with E-state index in [1.54, 1.807) is 30.3 Å². The monoisotopic (exact) mass is 824 g/mol. The molecular weight excluding hydrogens is 780 g/mol. The van der Waals surface area contributed by atoms with Gasteiger partial charge in [-0.15, -0.1) is 0 Å². The second-order valence-electron chi connectivity index (χ2n) is 19.1. The largest absolute Gasteiger partial charge is 0.489 e. The van der Waals surface area contributed by atoms with Crippen molar-refractivity contribution < 1.29 is 28.7 Å². The summed E-state index contributed by atoms with van der Waals surface area (Å²) in [5, 5.41) is 11.9. The van der Waals surface area contributed by atoms with Gasteiger partial charge in [-0.3, -0.25) is 39.1 Å². The van der Waals surface area contributed by atoms with Crippen molar-refractivity contribution in [3.05, 3.63) is 93.0 Å². The average Bonchev–Trinajstić information content (AvgIpc) is 3.59. The van der Waals surface area contributed by atoms with E-state index in [9.17, 15) is 29.2 Å². The van der Waals surface area contributed by atoms with E-state index < -0.39 is 29.7 Å². The Morgan fingerprint density at radius 1 is 0.850 bits per heavy atom. The van der Waals surface area contributed by atoms with Crippen LogP contribution >= 0.6 is 11.6 Å². The van der Waals surface area contributed by atoms with Gasteiger partial charge in [0.05, 0.1) is 21.7 Å². The maximum Gasteiger partial charge on any atom is 0.262 e. The third-order valence-electron chi connectivity index (χ3n) is 14.3. The molecule has 3 aromatic rings. The maximum atomic E-state index is 13.8. The van der Waals surface area contributed by atoms with Gasteiger partial charge >= 0.3 is 0 Å². The molecule has 5 amide bonds. The fourth-order valence-corrected chi connectivity index (χ4v) is 12.0. The van der Waals surface area contributed by atoms with E-state index in [2.05, 4.69) is 66.8 Å². The van der Waals surface area contributed by atoms with E-state index in [0.717, 1.165) is 66.3 Å². The van der Waals surface area contributed by atoms with Crippen molar-refractivity contribution in [1.82, 2.24) is 20.0 Å². The summed E-state index contributed by atoms with van der Waals surface area (Å²) in [7, 11) is 0. The van der Waals surface area contributed by atoms with Crippen LogP contribution in [0.5, 0.6) is 5.75 Å². The summed E-state index contributed by atoms with van der Waals surface area (Å²) in [6.45, 7) is 12.9. The molecule has 3 saturated heterocycles. The Morgan fingerprint density at radius 3 is 2.27 bits per heavy atom. The molecule has 1 N–H and O–H groups in total. The fraction of sp³-hybridized carbons (Fsp3) is 0.447. The number of halogens is 1. The molecule has 13 heteroatoms. The lowest BCUT2D eigenvalue weighted by Gasteiger charge is -2.65. The van der Waals surface area contributed by atoms with Gasteiger partial charge in [-0.1, -0.05) is 51.1 Å². The lowest BCUT2D eigenvalue weighted by molar-refractivity contribution is -0.199. The molecule has 0 radical (unpaired) electrons. The number of ether oxygens (including phenoxy) is 1. The van der Waals surface area contributed by atoms with Crippen molar-refractivity contribution in [2.75, 3.05) is 31.1 Å². The van der Waals surface area contributed by atoms with Crippen LogP contribution in [0.1, 0.15) is 101 Å². The number of fused-ring (bicyclic) bond motifs is 2. The normalized spacial score (nSPS) is 26.2. The Bertz CT molecular complexity index is 2530. The van der Waals surface area contributed by atoms with Crippen molar-refractivity contribution in [3.63, 3.8) is 0 Å². The molecule has 1 unspecified atom stereocenters. The van der Waals surface area contributed by atoms with Crippen molar-refractivity contribution in [2.45, 2.75) is 84.2 Å². The number of imide groups is 2. The molecule has 2 aliphatic carbocycles. The minimum Gasteiger partial charge on any atom is -0.489 e. The highest BCUT2D eigenvalue weighted by atomic mass is 35.5. The Kier molecular flexibility index (Phi) is 8.60. The highest BCUT2D eigenvalue weighted by Gasteiger charge is 2.67. The molecule has 306 valence electrons. The van der Waals surface area contributed by atoms with Crippen LogP contribution in [-0.4, -0.2) is 94.6 Å². The second-order valence-corrected chi connectivity index (χ2v) is 19.5. The van der Waals surface area contributed by atoms with Gasteiger partial charge in [-0.2, -0.15) is 5.26 Å². The number of nitriles is 1. The Morgan fingerprint density at radius 2 is 1.57 bits per heavy atom. The predicted molar refractivity (Wildman–Crippen MR) is 221 cm³/mol. The maximum absolute atomic E-state index is 13.8. The van der Waals surface area contributed by atoms with Crippen LogP contribution in [-0.2, 0) is 16.1 Å². The fourth-order valence-electron chi connectivity index (χ4n) is 11.8. The third kappa shape index (κ3) is 5.86. The quantitative estimate of drug-likeness (QED) is 0.255. The molecule has 10 rings (SSSR count). The Hall–Kier alpha value is -5.69. The zero-order valence-corrected chi connectivity index (χ0v) is 34.8. The van der Waals surface area contributed by atoms with Gasteiger partial charge in [0.2, 0.25) is 11.8 Å². The van der Waals surface area contributed by atoms with Crippen molar-refractivity contribution >= 4 is 46.8 Å². The number of nitrogens with zero attached hydrogens (tertiary/aromatic N) is 5. The summed E-state index contributed by atoms with van der Waals surface area (Å²) < 4.78 is 6.48. The summed E-state index contributed by atoms with van der Waals surface area (Å²) >= 11 is 6.29. The molecule has 1 spiro atoms. The van der Waals surface area contributed by atoms with Crippen molar-refractivity contribution in [2.24, 2.45) is 22.2 Å². The molecule has 1 atom stereocenters. The van der Waals surface area contributed by atoms with Gasteiger partial charge in [0, 0.05) is 90.9 Å². The van der Waals surface area contributed by atoms with Crippen LogP contribution < -0.4 is 15.0 Å². The molecule has 2 saturated carbocycles. The van der Waals surface area contributed by atoms with E-state index in [4.69, 9.17) is 16.3 Å². The van der Waals surface area contributed by atoms with Gasteiger partial charge in [0.1, 0.15) is 24.0 Å². The number of carbonyl (C=O) groups excluding carboxylic acids is 5. The lowest BCUT2D eigenvalue weighted by atomic mass is 9.49. The van der Waals surface area contributed by atoms with Crippen LogP contribution in [0.3, 0.4) is 0 Å². The standard InChI is InChI=1S/C47H45ClN6O6/c1-45(2)43(46(3,4)44(45)60-32-10-8-28(20-49)36(48)17-32)53-21-29-15-26(7-11-33(29)40(53)57)5-6-27-18-47(19-27)24-52(25-47)31-22-51(23-31)30-9-12-34-35(16-30)42(59)54(41(34)58)37-13-14-38(55)50-39(37)56/h7-12,15-17,27,31,37,43-44H,13-14,18-19,21-25H2,1-4H3,(H,50,55,56). The van der Waals surface area contributed by atoms with Gasteiger partial charge in [-0.25, -0.2) is 0 Å². The third-order valence-corrected chi connectivity index (χ3v) is 14.7. The van der Waals surface area contributed by atoms with E-state index in [1.165, 1.54) is 0 Å². The number of hydrogen-bond donors (Lipinski definition) is 1. The summed E-state index contributed by atoms with van der Waals surface area (Å²) in [5.74, 6) is 5.97. The minimum atomic E-state index is -0.973. The number of piperidine rings is 1. The van der Waals surface area contributed by atoms with Gasteiger partial charge in [0.25, 0.3) is 17.7 Å². The van der Waals surface area contributed by atoms with E-state index in [1.807, 2.05) is 23.1 Å².